The maximum Gasteiger partial charge on any atom is 5.00 e. The smallest absolute Gasteiger partial charge is 0.554 e. The van der Waals surface area contributed by atoms with Gasteiger partial charge in [-0.1, -0.05) is 0 Å². The van der Waals surface area contributed by atoms with Crippen LogP contribution in [0.4, 0.5) is 0 Å². The molecule has 0 heterocycles. The molecule has 0 aromatic rings. The van der Waals surface area contributed by atoms with Crippen molar-refractivity contribution < 1.29 is 71.9 Å². The largest absolute Gasteiger partial charge is 5.00 e. The molecule has 0 unspecified atom stereocenters. The summed E-state index contributed by atoms with van der Waals surface area (Å²) in [6.45, 7) is -2.50. The van der Waals surface area contributed by atoms with Gasteiger partial charge < -0.3 is 49.5 Å². The Hall–Kier alpha value is -1.91. The molecular weight excluding hydrogens is 401 g/mol. The molecular formula is C5H5O10Ta. The van der Waals surface area contributed by atoms with Crippen molar-refractivity contribution in [3.63, 3.8) is 0 Å². The van der Waals surface area contributed by atoms with Crippen molar-refractivity contribution in [2.45, 2.75) is 0 Å². The third kappa shape index (κ3) is 408. The van der Waals surface area contributed by atoms with E-state index < -0.39 is 32.4 Å². The average Bonchev–Trinajstić information content (AvgIpc) is 2.09. The normalized spacial score (nSPS) is 3.75. The SMILES string of the molecule is O=C[O-].O=C[O-].O=C[O-].O=C[O-].O=C[O-].[Ta+5]. The third-order valence-corrected chi connectivity index (χ3v) is 0. The van der Waals surface area contributed by atoms with Crippen molar-refractivity contribution in [2.75, 3.05) is 0 Å². The molecule has 11 heteroatoms. The minimum atomic E-state index is -0.500. The first-order valence-electron chi connectivity index (χ1n) is 2.36. The van der Waals surface area contributed by atoms with Crippen LogP contribution in [0.3, 0.4) is 0 Å². The van der Waals surface area contributed by atoms with Crippen LogP contribution in [0.2, 0.25) is 0 Å². The van der Waals surface area contributed by atoms with Crippen molar-refractivity contribution in [1.29, 1.82) is 0 Å². The van der Waals surface area contributed by atoms with Gasteiger partial charge in [-0.25, -0.2) is 0 Å². The third-order valence-electron chi connectivity index (χ3n) is 0. The van der Waals surface area contributed by atoms with Gasteiger partial charge in [0.1, 0.15) is 0 Å². The van der Waals surface area contributed by atoms with Crippen LogP contribution in [0, 0.1) is 0 Å². The molecule has 0 N–H and O–H groups in total. The topological polar surface area (TPSA) is 201 Å². The van der Waals surface area contributed by atoms with Gasteiger partial charge in [-0.15, -0.1) is 0 Å². The minimum Gasteiger partial charge on any atom is -0.554 e. The van der Waals surface area contributed by atoms with Gasteiger partial charge in [0.2, 0.25) is 0 Å². The Kier molecular flexibility index (Phi) is 462. The van der Waals surface area contributed by atoms with E-state index in [0.29, 0.717) is 0 Å². The summed E-state index contributed by atoms with van der Waals surface area (Å²) >= 11 is 0. The predicted octanol–water partition coefficient (Wildman–Crippen LogP) is -8.17. The summed E-state index contributed by atoms with van der Waals surface area (Å²) < 4.78 is 0. The van der Waals surface area contributed by atoms with E-state index in [1.165, 1.54) is 0 Å². The molecule has 0 spiro atoms. The maximum absolute atomic E-state index is 8.25. The summed E-state index contributed by atoms with van der Waals surface area (Å²) in [5.41, 5.74) is 0. The van der Waals surface area contributed by atoms with Crippen LogP contribution in [0.25, 0.3) is 0 Å². The monoisotopic (exact) mass is 406 g/mol. The summed E-state index contributed by atoms with van der Waals surface area (Å²) in [7, 11) is 0. The summed E-state index contributed by atoms with van der Waals surface area (Å²) in [5.74, 6) is 0. The molecule has 0 aromatic carbocycles. The molecule has 0 aromatic heterocycles. The van der Waals surface area contributed by atoms with Gasteiger partial charge in [-0.05, 0) is 0 Å². The molecule has 0 rings (SSSR count). The number of carbonyl (C=O) groups excluding carboxylic acids is 5. The van der Waals surface area contributed by atoms with Crippen LogP contribution in [0.5, 0.6) is 0 Å². The van der Waals surface area contributed by atoms with Gasteiger partial charge in [0.05, 0.1) is 0 Å². The molecule has 0 aliphatic carbocycles. The summed E-state index contributed by atoms with van der Waals surface area (Å²) in [5, 5.41) is 41.2. The number of carbonyl (C=O) groups is 5. The molecule has 16 heavy (non-hydrogen) atoms. The Morgan fingerprint density at radius 3 is 0.438 bits per heavy atom. The Labute approximate surface area is 105 Å². The molecule has 0 amide bonds. The maximum atomic E-state index is 8.25. The number of carboxylic acid groups (broad SMARTS) is 5. The number of hydrogen-bond acceptors (Lipinski definition) is 10. The van der Waals surface area contributed by atoms with E-state index in [1.54, 1.807) is 0 Å². The second kappa shape index (κ2) is 200. The summed E-state index contributed by atoms with van der Waals surface area (Å²) in [6.07, 6.45) is 0. The van der Waals surface area contributed by atoms with E-state index >= 15 is 0 Å². The van der Waals surface area contributed by atoms with E-state index in [-0.39, 0.29) is 22.4 Å². The zero-order chi connectivity index (χ0) is 13.5. The van der Waals surface area contributed by atoms with Crippen LogP contribution in [-0.4, -0.2) is 32.4 Å². The molecule has 10 nitrogen and oxygen atoms in total. The van der Waals surface area contributed by atoms with E-state index in [2.05, 4.69) is 0 Å². The van der Waals surface area contributed by atoms with Crippen LogP contribution in [-0.2, 0) is 46.4 Å². The average molecular weight is 406 g/mol. The van der Waals surface area contributed by atoms with Crippen molar-refractivity contribution in [2.24, 2.45) is 0 Å². The molecule has 0 saturated carbocycles. The molecule has 90 valence electrons. The number of rotatable bonds is 0. The van der Waals surface area contributed by atoms with Gasteiger partial charge in [0, 0.05) is 32.4 Å². The van der Waals surface area contributed by atoms with Crippen molar-refractivity contribution in [3.8, 4) is 0 Å². The fraction of sp³-hybridized carbons (Fsp3) is 0. The van der Waals surface area contributed by atoms with Crippen molar-refractivity contribution in [1.82, 2.24) is 0 Å². The van der Waals surface area contributed by atoms with Crippen LogP contribution >= 0.6 is 0 Å². The first-order chi connectivity index (χ1) is 7.07. The second-order valence-corrected chi connectivity index (χ2v) is 0.481. The molecule has 0 fully saturated rings. The zero-order valence-electron chi connectivity index (χ0n) is 7.42. The van der Waals surface area contributed by atoms with Crippen molar-refractivity contribution in [3.05, 3.63) is 0 Å². The fourth-order valence-corrected chi connectivity index (χ4v) is 0. The van der Waals surface area contributed by atoms with E-state index in [1.807, 2.05) is 0 Å². The van der Waals surface area contributed by atoms with Crippen LogP contribution in [0.1, 0.15) is 0 Å². The van der Waals surface area contributed by atoms with E-state index in [0.717, 1.165) is 0 Å². The van der Waals surface area contributed by atoms with Crippen LogP contribution in [0.15, 0.2) is 0 Å². The van der Waals surface area contributed by atoms with E-state index in [4.69, 9.17) is 49.5 Å². The molecule has 0 atom stereocenters. The Morgan fingerprint density at radius 1 is 0.438 bits per heavy atom. The van der Waals surface area contributed by atoms with E-state index in [9.17, 15) is 0 Å². The zero-order valence-corrected chi connectivity index (χ0v) is 10.6. The molecule has 0 aliphatic heterocycles. The van der Waals surface area contributed by atoms with Gasteiger partial charge in [-0.3, -0.25) is 0 Å². The Morgan fingerprint density at radius 2 is 0.438 bits per heavy atom. The van der Waals surface area contributed by atoms with Gasteiger partial charge in [-0.2, -0.15) is 0 Å². The van der Waals surface area contributed by atoms with Gasteiger partial charge in [0.25, 0.3) is 0 Å². The molecule has 0 radical (unpaired) electrons. The van der Waals surface area contributed by atoms with Gasteiger partial charge >= 0.3 is 22.4 Å². The van der Waals surface area contributed by atoms with Gasteiger partial charge in [0.15, 0.2) is 0 Å². The summed E-state index contributed by atoms with van der Waals surface area (Å²) in [6, 6.07) is 0. The Bertz CT molecular complexity index is 91.5. The van der Waals surface area contributed by atoms with Crippen molar-refractivity contribution >= 4 is 32.4 Å². The first kappa shape index (κ1) is 36.9. The molecule has 0 bridgehead atoms. The quantitative estimate of drug-likeness (QED) is 0.348. The standard InChI is InChI=1S/5CH2O2.Ta/c5*2-1-3;/h5*1H,(H,2,3);/q;;;;;+5/p-5. The second-order valence-electron chi connectivity index (χ2n) is 0.481. The summed E-state index contributed by atoms with van der Waals surface area (Å²) in [4.78, 5) is 41.2. The fourth-order valence-electron chi connectivity index (χ4n) is 0. The van der Waals surface area contributed by atoms with Crippen LogP contribution < -0.4 is 25.5 Å². The predicted molar refractivity (Wildman–Crippen MR) is 30.3 cm³/mol. The molecule has 0 saturated heterocycles. The number of hydrogen-bond donors (Lipinski definition) is 0. The Balaban J connectivity index is -0.0000000192. The molecule has 0 aliphatic rings. The minimum absolute atomic E-state index is 0. The first-order valence-corrected chi connectivity index (χ1v) is 2.36.